The number of hydrogen-bond donors (Lipinski definition) is 2. The van der Waals surface area contributed by atoms with Gasteiger partial charge in [-0.05, 0) is 29.7 Å². The lowest BCUT2D eigenvalue weighted by Gasteiger charge is -2.15. The largest absolute Gasteiger partial charge is 0.460 e. The van der Waals surface area contributed by atoms with Gasteiger partial charge in [0.1, 0.15) is 13.2 Å². The predicted octanol–water partition coefficient (Wildman–Crippen LogP) is 3.17. The highest BCUT2D eigenvalue weighted by molar-refractivity contribution is 5.94. The fourth-order valence-electron chi connectivity index (χ4n) is 4.89. The molecule has 0 radical (unpaired) electrons. The first-order valence-corrected chi connectivity index (χ1v) is 16.2. The van der Waals surface area contributed by atoms with Gasteiger partial charge >= 0.3 is 18.2 Å². The van der Waals surface area contributed by atoms with E-state index in [2.05, 4.69) is 4.98 Å². The fourth-order valence-corrected chi connectivity index (χ4v) is 4.89. The number of benzene rings is 2. The first kappa shape index (κ1) is 39.7. The summed E-state index contributed by atoms with van der Waals surface area (Å²) in [6.07, 6.45) is -6.10. The number of hydrogen-bond acceptors (Lipinski definition) is 12. The number of cyclic esters (lactones) is 1. The van der Waals surface area contributed by atoms with Gasteiger partial charge < -0.3 is 48.0 Å². The minimum atomic E-state index is -4.61. The van der Waals surface area contributed by atoms with Crippen LogP contribution >= 0.6 is 0 Å². The third kappa shape index (κ3) is 12.9. The molecule has 1 unspecified atom stereocenters. The summed E-state index contributed by atoms with van der Waals surface area (Å²) >= 11 is 0. The maximum Gasteiger partial charge on any atom is 0.417 e. The molecule has 2 N–H and O–H groups in total. The SMILES string of the molecule is O=C(COCCOCCOCCOCCOCCOCCO)OCC1CN(c2ccc3cc(-c4ccccc4C(F)(F)F)[nH]c(=O)c3c2)C(=O)O1. The van der Waals surface area contributed by atoms with Crippen molar-refractivity contribution >= 4 is 28.5 Å². The van der Waals surface area contributed by atoms with Gasteiger partial charge in [0.15, 0.2) is 6.10 Å². The average Bonchev–Trinajstić information content (AvgIpc) is 3.49. The van der Waals surface area contributed by atoms with Crippen molar-refractivity contribution in [1.29, 1.82) is 0 Å². The Balaban J connectivity index is 1.08. The Morgan fingerprint density at radius 2 is 1.41 bits per heavy atom. The van der Waals surface area contributed by atoms with Gasteiger partial charge in [0.2, 0.25) is 0 Å². The number of fused-ring (bicyclic) bond motifs is 1. The van der Waals surface area contributed by atoms with Gasteiger partial charge in [0.25, 0.3) is 5.56 Å². The monoisotopic (exact) mass is 726 g/mol. The zero-order valence-electron chi connectivity index (χ0n) is 27.8. The molecule has 1 aliphatic rings. The summed E-state index contributed by atoms with van der Waals surface area (Å²) in [4.78, 5) is 41.4. The molecule has 1 saturated heterocycles. The first-order chi connectivity index (χ1) is 24.7. The number of carbonyl (C=O) groups is 2. The highest BCUT2D eigenvalue weighted by Crippen LogP contribution is 2.36. The lowest BCUT2D eigenvalue weighted by atomic mass is 10.0. The predicted molar refractivity (Wildman–Crippen MR) is 176 cm³/mol. The molecule has 17 heteroatoms. The van der Waals surface area contributed by atoms with E-state index in [4.69, 9.17) is 43.0 Å². The molecule has 1 fully saturated rings. The molecule has 3 aromatic rings. The fraction of sp³-hybridized carbons (Fsp3) is 0.500. The number of halogens is 3. The van der Waals surface area contributed by atoms with Crippen LogP contribution in [0.25, 0.3) is 22.0 Å². The van der Waals surface area contributed by atoms with Gasteiger partial charge in [0.05, 0.1) is 91.4 Å². The lowest BCUT2D eigenvalue weighted by Crippen LogP contribution is -2.27. The number of alkyl halides is 3. The van der Waals surface area contributed by atoms with Crippen molar-refractivity contribution in [3.63, 3.8) is 0 Å². The third-order valence-electron chi connectivity index (χ3n) is 7.28. The number of aliphatic hydroxyl groups excluding tert-OH is 1. The Hall–Kier alpha value is -4.10. The summed E-state index contributed by atoms with van der Waals surface area (Å²) in [6, 6.07) is 10.9. The number of esters is 1. The number of H-pyrrole nitrogens is 1. The highest BCUT2D eigenvalue weighted by atomic mass is 19.4. The maximum atomic E-state index is 13.5. The number of amides is 1. The summed E-state index contributed by atoms with van der Waals surface area (Å²) in [5, 5.41) is 9.13. The standard InChI is InChI=1S/C34H41F3N2O12/c35-34(36,37)29-4-2-1-3-27(29)30-19-24-5-6-25(20-28(24)32(42)38-30)39-21-26(51-33(39)43)22-50-31(41)23-49-18-17-48-16-15-47-14-13-46-12-11-45-10-9-44-8-7-40/h1-6,19-20,26,40H,7-18,21-23H2,(H,38,42). The summed E-state index contributed by atoms with van der Waals surface area (Å²) in [6.45, 7) is 3.36. The van der Waals surface area contributed by atoms with E-state index in [1.54, 1.807) is 6.07 Å². The second-order valence-electron chi connectivity index (χ2n) is 11.0. The van der Waals surface area contributed by atoms with Crippen LogP contribution in [0.3, 0.4) is 0 Å². The van der Waals surface area contributed by atoms with Crippen LogP contribution in [-0.4, -0.2) is 127 Å². The molecule has 0 spiro atoms. The topological polar surface area (TPSA) is 164 Å². The second-order valence-corrected chi connectivity index (χ2v) is 11.0. The Bertz CT molecular complexity index is 1600. The van der Waals surface area contributed by atoms with Crippen LogP contribution in [0.2, 0.25) is 0 Å². The lowest BCUT2D eigenvalue weighted by molar-refractivity contribution is -0.151. The van der Waals surface area contributed by atoms with E-state index in [1.165, 1.54) is 41.3 Å². The minimum absolute atomic E-state index is 0.00713. The van der Waals surface area contributed by atoms with Crippen molar-refractivity contribution in [1.82, 2.24) is 4.98 Å². The number of nitrogens with zero attached hydrogens (tertiary/aromatic N) is 1. The van der Waals surface area contributed by atoms with Gasteiger partial charge in [-0.2, -0.15) is 13.2 Å². The van der Waals surface area contributed by atoms with Gasteiger partial charge in [-0.1, -0.05) is 24.3 Å². The van der Waals surface area contributed by atoms with Crippen LogP contribution in [0.5, 0.6) is 0 Å². The van der Waals surface area contributed by atoms with Crippen LogP contribution in [-0.2, 0) is 48.9 Å². The van der Waals surface area contributed by atoms with Crippen molar-refractivity contribution in [2.24, 2.45) is 0 Å². The van der Waals surface area contributed by atoms with Crippen molar-refractivity contribution < 1.29 is 65.8 Å². The molecule has 14 nitrogen and oxygen atoms in total. The second kappa shape index (κ2) is 20.7. The molecule has 1 amide bonds. The van der Waals surface area contributed by atoms with E-state index in [9.17, 15) is 27.6 Å². The van der Waals surface area contributed by atoms with Crippen LogP contribution in [0.4, 0.5) is 23.7 Å². The Labute approximate surface area is 291 Å². The quantitative estimate of drug-likeness (QED) is 0.109. The van der Waals surface area contributed by atoms with Crippen LogP contribution < -0.4 is 10.5 Å². The van der Waals surface area contributed by atoms with E-state index >= 15 is 0 Å². The number of ether oxygens (including phenoxy) is 8. The van der Waals surface area contributed by atoms with E-state index < -0.39 is 35.5 Å². The van der Waals surface area contributed by atoms with Crippen molar-refractivity contribution in [2.45, 2.75) is 12.3 Å². The first-order valence-electron chi connectivity index (χ1n) is 16.2. The van der Waals surface area contributed by atoms with Crippen molar-refractivity contribution in [3.8, 4) is 11.3 Å². The van der Waals surface area contributed by atoms with Crippen LogP contribution in [0, 0.1) is 0 Å². The van der Waals surface area contributed by atoms with Gasteiger partial charge in [0, 0.05) is 22.3 Å². The van der Waals surface area contributed by atoms with E-state index in [0.29, 0.717) is 70.5 Å². The molecule has 4 rings (SSSR count). The summed E-state index contributed by atoms with van der Waals surface area (Å²) in [5.41, 5.74) is -1.33. The van der Waals surface area contributed by atoms with Crippen LogP contribution in [0.1, 0.15) is 5.56 Å². The van der Waals surface area contributed by atoms with E-state index in [-0.39, 0.29) is 56.2 Å². The smallest absolute Gasteiger partial charge is 0.417 e. The van der Waals surface area contributed by atoms with Gasteiger partial charge in [-0.3, -0.25) is 9.69 Å². The molecule has 1 aromatic heterocycles. The van der Waals surface area contributed by atoms with Crippen molar-refractivity contribution in [3.05, 3.63) is 64.4 Å². The molecule has 280 valence electrons. The maximum absolute atomic E-state index is 13.5. The third-order valence-corrected chi connectivity index (χ3v) is 7.28. The number of nitrogens with one attached hydrogen (secondary N) is 1. The molecule has 0 saturated carbocycles. The van der Waals surface area contributed by atoms with E-state index in [0.717, 1.165) is 6.07 Å². The Morgan fingerprint density at radius 3 is 2.02 bits per heavy atom. The average molecular weight is 727 g/mol. The summed E-state index contributed by atoms with van der Waals surface area (Å²) in [7, 11) is 0. The van der Waals surface area contributed by atoms with E-state index in [1.807, 2.05) is 0 Å². The number of aliphatic hydroxyl groups is 1. The minimum Gasteiger partial charge on any atom is -0.460 e. The molecule has 51 heavy (non-hydrogen) atoms. The van der Waals surface area contributed by atoms with Gasteiger partial charge in [-0.25, -0.2) is 9.59 Å². The molecule has 0 bridgehead atoms. The molecule has 2 heterocycles. The van der Waals surface area contributed by atoms with Crippen molar-refractivity contribution in [2.75, 3.05) is 104 Å². The number of anilines is 1. The number of aromatic nitrogens is 1. The Morgan fingerprint density at radius 1 is 0.824 bits per heavy atom. The number of rotatable bonds is 23. The van der Waals surface area contributed by atoms with Gasteiger partial charge in [-0.15, -0.1) is 0 Å². The molecule has 1 aliphatic heterocycles. The number of pyridine rings is 1. The zero-order valence-corrected chi connectivity index (χ0v) is 27.8. The zero-order chi connectivity index (χ0) is 36.5. The molecule has 1 atom stereocenters. The summed E-state index contributed by atoms with van der Waals surface area (Å²) in [5.74, 6) is -0.659. The normalized spacial score (nSPS) is 14.7. The van der Waals surface area contributed by atoms with Crippen LogP contribution in [0.15, 0.2) is 53.3 Å². The molecule has 0 aliphatic carbocycles. The molecular weight excluding hydrogens is 685 g/mol. The molecular formula is C34H41F3N2O12. The summed E-state index contributed by atoms with van der Waals surface area (Å²) < 4.78 is 82.9. The molecule has 2 aromatic carbocycles. The Kier molecular flexibility index (Phi) is 16.1. The number of aromatic amines is 1. The number of carbonyl (C=O) groups excluding carboxylic acids is 2. The highest BCUT2D eigenvalue weighted by Gasteiger charge is 2.35.